The molecule has 1 aromatic carbocycles. The first-order valence-corrected chi connectivity index (χ1v) is 7.75. The molecule has 1 amide bonds. The van der Waals surface area contributed by atoms with Crippen LogP contribution in [0, 0.1) is 0 Å². The Morgan fingerprint density at radius 3 is 2.45 bits per heavy atom. The molecular formula is C17H23NO4. The number of esters is 1. The topological polar surface area (TPSA) is 64.6 Å². The number of hydrogen-bond acceptors (Lipinski definition) is 4. The molecule has 120 valence electrons. The summed E-state index contributed by atoms with van der Waals surface area (Å²) in [5.41, 5.74) is 0.929. The van der Waals surface area contributed by atoms with Crippen molar-refractivity contribution >= 4 is 11.9 Å². The monoisotopic (exact) mass is 305 g/mol. The molecule has 0 aliphatic heterocycles. The molecule has 22 heavy (non-hydrogen) atoms. The summed E-state index contributed by atoms with van der Waals surface area (Å²) in [6.07, 6.45) is 6.24. The largest absolute Gasteiger partial charge is 0.482 e. The summed E-state index contributed by atoms with van der Waals surface area (Å²) >= 11 is 0. The Kier molecular flexibility index (Phi) is 6.25. The molecule has 1 aliphatic carbocycles. The number of amides is 1. The highest BCUT2D eigenvalue weighted by Gasteiger charge is 2.15. The van der Waals surface area contributed by atoms with Gasteiger partial charge in [-0.25, -0.2) is 4.79 Å². The fourth-order valence-electron chi connectivity index (χ4n) is 2.62. The van der Waals surface area contributed by atoms with Crippen LogP contribution < -0.4 is 10.1 Å². The minimum absolute atomic E-state index is 0.0649. The molecule has 0 bridgehead atoms. The van der Waals surface area contributed by atoms with Gasteiger partial charge < -0.3 is 14.8 Å². The van der Waals surface area contributed by atoms with E-state index in [2.05, 4.69) is 10.1 Å². The predicted octanol–water partition coefficient (Wildman–Crippen LogP) is 2.23. The number of methoxy groups -OCH3 is 1. The van der Waals surface area contributed by atoms with Crippen molar-refractivity contribution in [2.75, 3.05) is 13.7 Å². The van der Waals surface area contributed by atoms with Crippen molar-refractivity contribution in [1.82, 2.24) is 5.32 Å². The summed E-state index contributed by atoms with van der Waals surface area (Å²) in [5, 5.41) is 3.10. The lowest BCUT2D eigenvalue weighted by molar-refractivity contribution is -0.142. The summed E-state index contributed by atoms with van der Waals surface area (Å²) in [4.78, 5) is 23.0. The SMILES string of the molecule is COC(=O)COc1ccc(CC(=O)NC2CCCCC2)cc1. The zero-order valence-electron chi connectivity index (χ0n) is 13.0. The van der Waals surface area contributed by atoms with Gasteiger partial charge in [0.1, 0.15) is 5.75 Å². The van der Waals surface area contributed by atoms with Crippen LogP contribution in [0.25, 0.3) is 0 Å². The molecule has 0 radical (unpaired) electrons. The van der Waals surface area contributed by atoms with E-state index in [4.69, 9.17) is 4.74 Å². The molecule has 1 aliphatic rings. The highest BCUT2D eigenvalue weighted by molar-refractivity contribution is 5.78. The number of benzene rings is 1. The number of carbonyl (C=O) groups excluding carboxylic acids is 2. The number of ether oxygens (including phenoxy) is 2. The van der Waals surface area contributed by atoms with Crippen LogP contribution in [0.15, 0.2) is 24.3 Å². The van der Waals surface area contributed by atoms with Crippen molar-refractivity contribution in [3.63, 3.8) is 0 Å². The second-order valence-electron chi connectivity index (χ2n) is 5.59. The summed E-state index contributed by atoms with van der Waals surface area (Å²) < 4.78 is 9.77. The molecule has 2 rings (SSSR count). The zero-order valence-corrected chi connectivity index (χ0v) is 13.0. The summed E-state index contributed by atoms with van der Waals surface area (Å²) in [5.74, 6) is 0.230. The van der Waals surface area contributed by atoms with Gasteiger partial charge in [0.15, 0.2) is 6.61 Å². The minimum Gasteiger partial charge on any atom is -0.482 e. The average Bonchev–Trinajstić information content (AvgIpc) is 2.54. The van der Waals surface area contributed by atoms with Crippen molar-refractivity contribution in [2.24, 2.45) is 0 Å². The van der Waals surface area contributed by atoms with Gasteiger partial charge in [-0.15, -0.1) is 0 Å². The molecule has 0 atom stereocenters. The molecular weight excluding hydrogens is 282 g/mol. The van der Waals surface area contributed by atoms with Crippen LogP contribution in [0.4, 0.5) is 0 Å². The van der Waals surface area contributed by atoms with Crippen LogP contribution in [0.2, 0.25) is 0 Å². The van der Waals surface area contributed by atoms with E-state index < -0.39 is 5.97 Å². The third kappa shape index (κ3) is 5.39. The highest BCUT2D eigenvalue weighted by Crippen LogP contribution is 2.18. The van der Waals surface area contributed by atoms with Gasteiger partial charge in [0, 0.05) is 6.04 Å². The predicted molar refractivity (Wildman–Crippen MR) is 82.7 cm³/mol. The van der Waals surface area contributed by atoms with E-state index in [1.807, 2.05) is 12.1 Å². The van der Waals surface area contributed by atoms with E-state index in [0.717, 1.165) is 18.4 Å². The Morgan fingerprint density at radius 1 is 1.14 bits per heavy atom. The Morgan fingerprint density at radius 2 is 1.82 bits per heavy atom. The fraction of sp³-hybridized carbons (Fsp3) is 0.529. The van der Waals surface area contributed by atoms with Crippen LogP contribution in [-0.2, 0) is 20.7 Å². The standard InChI is InChI=1S/C17H23NO4/c1-21-17(20)12-22-15-9-7-13(8-10-15)11-16(19)18-14-5-3-2-4-6-14/h7-10,14H,2-6,11-12H2,1H3,(H,18,19). The molecule has 1 N–H and O–H groups in total. The maximum atomic E-state index is 12.0. The molecule has 5 nitrogen and oxygen atoms in total. The Labute approximate surface area is 131 Å². The highest BCUT2D eigenvalue weighted by atomic mass is 16.6. The summed E-state index contributed by atoms with van der Waals surface area (Å²) in [6.45, 7) is -0.113. The molecule has 1 saturated carbocycles. The molecule has 0 heterocycles. The van der Waals surface area contributed by atoms with Crippen molar-refractivity contribution in [3.8, 4) is 5.75 Å². The zero-order chi connectivity index (χ0) is 15.8. The quantitative estimate of drug-likeness (QED) is 0.819. The van der Waals surface area contributed by atoms with E-state index >= 15 is 0 Å². The lowest BCUT2D eigenvalue weighted by atomic mass is 9.95. The van der Waals surface area contributed by atoms with Gasteiger partial charge in [0.25, 0.3) is 0 Å². The van der Waals surface area contributed by atoms with Gasteiger partial charge in [-0.1, -0.05) is 31.4 Å². The second-order valence-corrected chi connectivity index (χ2v) is 5.59. The van der Waals surface area contributed by atoms with Crippen LogP contribution in [-0.4, -0.2) is 31.6 Å². The van der Waals surface area contributed by atoms with Crippen molar-refractivity contribution in [1.29, 1.82) is 0 Å². The molecule has 0 spiro atoms. The number of nitrogens with one attached hydrogen (secondary N) is 1. The van der Waals surface area contributed by atoms with Gasteiger partial charge >= 0.3 is 5.97 Å². The van der Waals surface area contributed by atoms with Crippen LogP contribution >= 0.6 is 0 Å². The van der Waals surface area contributed by atoms with Crippen LogP contribution in [0.1, 0.15) is 37.7 Å². The molecule has 1 fully saturated rings. The molecule has 0 unspecified atom stereocenters. The lowest BCUT2D eigenvalue weighted by Gasteiger charge is -2.22. The van der Waals surface area contributed by atoms with E-state index in [9.17, 15) is 9.59 Å². The summed E-state index contributed by atoms with van der Waals surface area (Å²) in [6, 6.07) is 7.53. The molecule has 5 heteroatoms. The number of carbonyl (C=O) groups is 2. The average molecular weight is 305 g/mol. The Balaban J connectivity index is 1.77. The fourth-order valence-corrected chi connectivity index (χ4v) is 2.62. The first-order chi connectivity index (χ1) is 10.7. The van der Waals surface area contributed by atoms with Crippen molar-refractivity contribution < 1.29 is 19.1 Å². The summed E-state index contributed by atoms with van der Waals surface area (Å²) in [7, 11) is 1.32. The van der Waals surface area contributed by atoms with Gasteiger partial charge in [-0.05, 0) is 30.5 Å². The van der Waals surface area contributed by atoms with Crippen molar-refractivity contribution in [2.45, 2.75) is 44.6 Å². The third-order valence-corrected chi connectivity index (χ3v) is 3.84. The Bertz CT molecular complexity index is 492. The first kappa shape index (κ1) is 16.3. The van der Waals surface area contributed by atoms with E-state index in [1.165, 1.54) is 26.4 Å². The van der Waals surface area contributed by atoms with Crippen molar-refractivity contribution in [3.05, 3.63) is 29.8 Å². The van der Waals surface area contributed by atoms with Gasteiger partial charge in [0.2, 0.25) is 5.91 Å². The van der Waals surface area contributed by atoms with E-state index in [0.29, 0.717) is 18.2 Å². The molecule has 1 aromatic rings. The third-order valence-electron chi connectivity index (χ3n) is 3.84. The van der Waals surface area contributed by atoms with Gasteiger partial charge in [-0.3, -0.25) is 4.79 Å². The maximum Gasteiger partial charge on any atom is 0.343 e. The van der Waals surface area contributed by atoms with Crippen LogP contribution in [0.5, 0.6) is 5.75 Å². The Hall–Kier alpha value is -2.04. The van der Waals surface area contributed by atoms with E-state index in [-0.39, 0.29) is 12.5 Å². The lowest BCUT2D eigenvalue weighted by Crippen LogP contribution is -2.37. The normalized spacial score (nSPS) is 15.1. The number of hydrogen-bond donors (Lipinski definition) is 1. The van der Waals surface area contributed by atoms with E-state index in [1.54, 1.807) is 12.1 Å². The maximum absolute atomic E-state index is 12.0. The first-order valence-electron chi connectivity index (χ1n) is 7.75. The molecule has 0 saturated heterocycles. The smallest absolute Gasteiger partial charge is 0.343 e. The van der Waals surface area contributed by atoms with Crippen LogP contribution in [0.3, 0.4) is 0 Å². The van der Waals surface area contributed by atoms with Gasteiger partial charge in [0.05, 0.1) is 13.5 Å². The minimum atomic E-state index is -0.420. The second kappa shape index (κ2) is 8.41. The number of rotatable bonds is 6. The molecule has 0 aromatic heterocycles. The van der Waals surface area contributed by atoms with Gasteiger partial charge in [-0.2, -0.15) is 0 Å².